The zero-order chi connectivity index (χ0) is 12.2. The molecule has 0 saturated heterocycles. The lowest BCUT2D eigenvalue weighted by Crippen LogP contribution is -2.35. The van der Waals surface area contributed by atoms with Crippen LogP contribution in [0.2, 0.25) is 0 Å². The Morgan fingerprint density at radius 3 is 2.56 bits per heavy atom. The summed E-state index contributed by atoms with van der Waals surface area (Å²) in [5.74, 6) is 1.19. The van der Waals surface area contributed by atoms with Crippen LogP contribution < -0.4 is 11.1 Å². The van der Waals surface area contributed by atoms with E-state index in [4.69, 9.17) is 10.2 Å². The van der Waals surface area contributed by atoms with Gasteiger partial charge in [-0.3, -0.25) is 5.32 Å². The molecule has 0 bridgehead atoms. The molecule has 92 valence electrons. The van der Waals surface area contributed by atoms with Gasteiger partial charge in [-0.2, -0.15) is 13.2 Å². The molecule has 1 unspecified atom stereocenters. The molecule has 1 heterocycles. The SMILES string of the molecule is CCc1ccc(C(CN)NCC(F)(F)F)o1. The first-order valence-electron chi connectivity index (χ1n) is 5.05. The number of nitrogens with one attached hydrogen (secondary N) is 1. The van der Waals surface area contributed by atoms with Crippen molar-refractivity contribution in [3.05, 3.63) is 23.7 Å². The zero-order valence-corrected chi connectivity index (χ0v) is 8.97. The van der Waals surface area contributed by atoms with Crippen molar-refractivity contribution < 1.29 is 17.6 Å². The fraction of sp³-hybridized carbons (Fsp3) is 0.600. The lowest BCUT2D eigenvalue weighted by atomic mass is 10.2. The number of furan rings is 1. The molecule has 1 aromatic rings. The third-order valence-electron chi connectivity index (χ3n) is 2.16. The van der Waals surface area contributed by atoms with Crippen molar-refractivity contribution in [2.24, 2.45) is 5.73 Å². The minimum atomic E-state index is -4.24. The van der Waals surface area contributed by atoms with Gasteiger partial charge in [0.1, 0.15) is 11.5 Å². The summed E-state index contributed by atoms with van der Waals surface area (Å²) in [6, 6.07) is 2.80. The van der Waals surface area contributed by atoms with Crippen LogP contribution in [0.15, 0.2) is 16.5 Å². The third-order valence-corrected chi connectivity index (χ3v) is 2.16. The molecule has 3 N–H and O–H groups in total. The molecule has 0 aliphatic heterocycles. The van der Waals surface area contributed by atoms with Gasteiger partial charge in [-0.1, -0.05) is 6.92 Å². The molecule has 0 amide bonds. The molecule has 1 aromatic heterocycles. The van der Waals surface area contributed by atoms with E-state index in [0.29, 0.717) is 12.2 Å². The summed E-state index contributed by atoms with van der Waals surface area (Å²) in [7, 11) is 0. The molecule has 0 fully saturated rings. The van der Waals surface area contributed by atoms with Crippen molar-refractivity contribution in [2.75, 3.05) is 13.1 Å². The van der Waals surface area contributed by atoms with Gasteiger partial charge >= 0.3 is 6.18 Å². The second kappa shape index (κ2) is 5.36. The molecule has 6 heteroatoms. The second-order valence-corrected chi connectivity index (χ2v) is 3.44. The van der Waals surface area contributed by atoms with Gasteiger partial charge in [0.05, 0.1) is 12.6 Å². The highest BCUT2D eigenvalue weighted by Crippen LogP contribution is 2.19. The average Bonchev–Trinajstić information content (AvgIpc) is 2.65. The van der Waals surface area contributed by atoms with Crippen molar-refractivity contribution in [1.82, 2.24) is 5.32 Å². The highest BCUT2D eigenvalue weighted by molar-refractivity contribution is 5.11. The van der Waals surface area contributed by atoms with Gasteiger partial charge in [0.25, 0.3) is 0 Å². The van der Waals surface area contributed by atoms with Gasteiger partial charge in [-0.05, 0) is 12.1 Å². The predicted octanol–water partition coefficient (Wildman–Crippen LogP) is 1.99. The molecule has 1 atom stereocenters. The van der Waals surface area contributed by atoms with Gasteiger partial charge in [-0.15, -0.1) is 0 Å². The zero-order valence-electron chi connectivity index (χ0n) is 8.97. The molecule has 3 nitrogen and oxygen atoms in total. The van der Waals surface area contributed by atoms with Crippen molar-refractivity contribution in [2.45, 2.75) is 25.6 Å². The van der Waals surface area contributed by atoms with Crippen LogP contribution in [0.5, 0.6) is 0 Å². The van der Waals surface area contributed by atoms with Crippen LogP contribution in [-0.4, -0.2) is 19.3 Å². The van der Waals surface area contributed by atoms with E-state index >= 15 is 0 Å². The van der Waals surface area contributed by atoms with E-state index in [2.05, 4.69) is 5.32 Å². The Balaban J connectivity index is 2.60. The number of halogens is 3. The van der Waals surface area contributed by atoms with Crippen LogP contribution in [-0.2, 0) is 6.42 Å². The van der Waals surface area contributed by atoms with Crippen molar-refractivity contribution in [3.63, 3.8) is 0 Å². The minimum Gasteiger partial charge on any atom is -0.464 e. The molecule has 0 radical (unpaired) electrons. The van der Waals surface area contributed by atoms with Crippen molar-refractivity contribution >= 4 is 0 Å². The Hall–Kier alpha value is -1.01. The molecular weight excluding hydrogens is 221 g/mol. The van der Waals surface area contributed by atoms with E-state index in [-0.39, 0.29) is 6.54 Å². The smallest absolute Gasteiger partial charge is 0.401 e. The molecule has 16 heavy (non-hydrogen) atoms. The van der Waals surface area contributed by atoms with E-state index in [1.54, 1.807) is 12.1 Å². The Labute approximate surface area is 91.8 Å². The van der Waals surface area contributed by atoms with Crippen LogP contribution in [0.25, 0.3) is 0 Å². The van der Waals surface area contributed by atoms with E-state index in [1.165, 1.54) is 0 Å². The van der Waals surface area contributed by atoms with E-state index in [1.807, 2.05) is 6.92 Å². The highest BCUT2D eigenvalue weighted by Gasteiger charge is 2.28. The first-order valence-corrected chi connectivity index (χ1v) is 5.05. The Morgan fingerprint density at radius 1 is 1.44 bits per heavy atom. The normalized spacial score (nSPS) is 14.1. The van der Waals surface area contributed by atoms with Crippen molar-refractivity contribution in [3.8, 4) is 0 Å². The monoisotopic (exact) mass is 236 g/mol. The standard InChI is InChI=1S/C10H15F3N2O/c1-2-7-3-4-9(16-7)8(5-14)15-6-10(11,12)13/h3-4,8,15H,2,5-6,14H2,1H3. The number of hydrogen-bond donors (Lipinski definition) is 2. The number of rotatable bonds is 5. The lowest BCUT2D eigenvalue weighted by Gasteiger charge is -2.15. The van der Waals surface area contributed by atoms with E-state index < -0.39 is 18.8 Å². The molecule has 0 aromatic carbocycles. The van der Waals surface area contributed by atoms with Gasteiger partial charge in [0.15, 0.2) is 0 Å². The Bertz CT molecular complexity index is 322. The maximum absolute atomic E-state index is 12.0. The van der Waals surface area contributed by atoms with E-state index in [0.717, 1.165) is 5.76 Å². The molecule has 0 aliphatic rings. The average molecular weight is 236 g/mol. The first-order chi connectivity index (χ1) is 7.46. The van der Waals surface area contributed by atoms with Crippen LogP contribution in [0.3, 0.4) is 0 Å². The molecule has 0 spiro atoms. The summed E-state index contributed by atoms with van der Waals surface area (Å²) < 4.78 is 41.4. The topological polar surface area (TPSA) is 51.2 Å². The summed E-state index contributed by atoms with van der Waals surface area (Å²) in [4.78, 5) is 0. The number of alkyl halides is 3. The third kappa shape index (κ3) is 3.86. The maximum Gasteiger partial charge on any atom is 0.401 e. The summed E-state index contributed by atoms with van der Waals surface area (Å²) >= 11 is 0. The summed E-state index contributed by atoms with van der Waals surface area (Å²) in [5.41, 5.74) is 5.40. The number of hydrogen-bond acceptors (Lipinski definition) is 3. The summed E-state index contributed by atoms with van der Waals surface area (Å²) in [6.07, 6.45) is -3.54. The van der Waals surface area contributed by atoms with Crippen LogP contribution in [0, 0.1) is 0 Å². The molecular formula is C10H15F3N2O. The van der Waals surface area contributed by atoms with Crippen LogP contribution >= 0.6 is 0 Å². The van der Waals surface area contributed by atoms with Crippen molar-refractivity contribution in [1.29, 1.82) is 0 Å². The Kier molecular flexibility index (Phi) is 4.37. The van der Waals surface area contributed by atoms with Gasteiger partial charge in [0.2, 0.25) is 0 Å². The molecule has 1 rings (SSSR count). The summed E-state index contributed by atoms with van der Waals surface area (Å²) in [6.45, 7) is 0.896. The minimum absolute atomic E-state index is 0.0622. The quantitative estimate of drug-likeness (QED) is 0.822. The predicted molar refractivity (Wildman–Crippen MR) is 53.9 cm³/mol. The number of aryl methyl sites for hydroxylation is 1. The number of nitrogens with two attached hydrogens (primary N) is 1. The first kappa shape index (κ1) is 13.1. The van der Waals surface area contributed by atoms with Crippen LogP contribution in [0.4, 0.5) is 13.2 Å². The fourth-order valence-corrected chi connectivity index (χ4v) is 1.31. The highest BCUT2D eigenvalue weighted by atomic mass is 19.4. The lowest BCUT2D eigenvalue weighted by molar-refractivity contribution is -0.126. The maximum atomic E-state index is 12.0. The van der Waals surface area contributed by atoms with Gasteiger partial charge in [0, 0.05) is 13.0 Å². The second-order valence-electron chi connectivity index (χ2n) is 3.44. The van der Waals surface area contributed by atoms with Gasteiger partial charge < -0.3 is 10.2 Å². The summed E-state index contributed by atoms with van der Waals surface area (Å²) in [5, 5.41) is 2.32. The molecule has 0 aliphatic carbocycles. The van der Waals surface area contributed by atoms with E-state index in [9.17, 15) is 13.2 Å². The Morgan fingerprint density at radius 2 is 2.12 bits per heavy atom. The van der Waals surface area contributed by atoms with Crippen LogP contribution in [0.1, 0.15) is 24.5 Å². The molecule has 0 saturated carbocycles. The van der Waals surface area contributed by atoms with Gasteiger partial charge in [-0.25, -0.2) is 0 Å². The fourth-order valence-electron chi connectivity index (χ4n) is 1.31. The largest absolute Gasteiger partial charge is 0.464 e.